The Hall–Kier alpha value is -2.28. The molecule has 7 heteroatoms. The molecule has 0 aliphatic carbocycles. The first-order chi connectivity index (χ1) is 11.1. The summed E-state index contributed by atoms with van der Waals surface area (Å²) >= 11 is 0. The van der Waals surface area contributed by atoms with Crippen LogP contribution < -0.4 is 4.18 Å². The number of benzene rings is 3. The van der Waals surface area contributed by atoms with Crippen LogP contribution in [0.25, 0.3) is 21.5 Å². The van der Waals surface area contributed by atoms with Gasteiger partial charge in [-0.25, -0.2) is 0 Å². The summed E-state index contributed by atoms with van der Waals surface area (Å²) in [4.78, 5) is 0. The molecule has 24 heavy (non-hydrogen) atoms. The van der Waals surface area contributed by atoms with Crippen LogP contribution in [0.3, 0.4) is 0 Å². The summed E-state index contributed by atoms with van der Waals surface area (Å²) < 4.78 is 65.9. The minimum atomic E-state index is -5.76. The fraction of sp³-hybridized carbons (Fsp3) is 0.176. The smallest absolute Gasteiger partial charge is 0.375 e. The molecule has 0 fully saturated rings. The van der Waals surface area contributed by atoms with Crippen LogP contribution in [0.1, 0.15) is 11.1 Å². The van der Waals surface area contributed by atoms with Crippen molar-refractivity contribution in [3.05, 3.63) is 53.6 Å². The van der Waals surface area contributed by atoms with E-state index in [0.29, 0.717) is 21.5 Å². The molecule has 0 atom stereocenters. The molecule has 3 rings (SSSR count). The second-order valence-corrected chi connectivity index (χ2v) is 7.18. The summed E-state index contributed by atoms with van der Waals surface area (Å²) in [6.07, 6.45) is 0. The van der Waals surface area contributed by atoms with Crippen LogP contribution in [-0.4, -0.2) is 13.9 Å². The standard InChI is InChI=1S/C17H13F3O3S/c1-10-3-5-12-9-13-6-4-11(2)8-15(13)16(14(12)7-10)23-24(21,22)17(18,19)20/h3-9H,1-2H3. The number of hydrogen-bond donors (Lipinski definition) is 0. The van der Waals surface area contributed by atoms with Gasteiger partial charge < -0.3 is 4.18 Å². The summed E-state index contributed by atoms with van der Waals surface area (Å²) in [7, 11) is -5.76. The molecule has 3 aromatic rings. The molecular formula is C17H13F3O3S. The van der Waals surface area contributed by atoms with Gasteiger partial charge in [-0.2, -0.15) is 21.6 Å². The molecule has 0 aliphatic rings. The van der Waals surface area contributed by atoms with Crippen LogP contribution in [0.15, 0.2) is 42.5 Å². The van der Waals surface area contributed by atoms with Crippen LogP contribution in [0.4, 0.5) is 13.2 Å². The van der Waals surface area contributed by atoms with Crippen LogP contribution in [0.2, 0.25) is 0 Å². The van der Waals surface area contributed by atoms with Crippen molar-refractivity contribution in [2.24, 2.45) is 0 Å². The average molecular weight is 354 g/mol. The molecule has 0 bridgehead atoms. The Morgan fingerprint density at radius 3 is 1.71 bits per heavy atom. The lowest BCUT2D eigenvalue weighted by Crippen LogP contribution is -2.28. The number of rotatable bonds is 2. The van der Waals surface area contributed by atoms with E-state index in [0.717, 1.165) is 11.1 Å². The summed E-state index contributed by atoms with van der Waals surface area (Å²) in [6, 6.07) is 12.0. The first kappa shape index (κ1) is 16.6. The summed E-state index contributed by atoms with van der Waals surface area (Å²) in [6.45, 7) is 3.53. The Bertz CT molecular complexity index is 994. The van der Waals surface area contributed by atoms with Gasteiger partial charge in [-0.05, 0) is 42.8 Å². The minimum absolute atomic E-state index is 0.299. The van der Waals surface area contributed by atoms with Crippen LogP contribution in [-0.2, 0) is 10.1 Å². The van der Waals surface area contributed by atoms with Gasteiger partial charge in [-0.15, -0.1) is 0 Å². The molecule has 0 unspecified atom stereocenters. The maximum Gasteiger partial charge on any atom is 0.534 e. The van der Waals surface area contributed by atoms with Gasteiger partial charge in [0.2, 0.25) is 0 Å². The Balaban J connectivity index is 2.40. The van der Waals surface area contributed by atoms with Gasteiger partial charge in [0.05, 0.1) is 0 Å². The highest BCUT2D eigenvalue weighted by Gasteiger charge is 2.49. The lowest BCUT2D eigenvalue weighted by atomic mass is 9.99. The normalized spacial score (nSPS) is 12.7. The zero-order chi connectivity index (χ0) is 17.7. The van der Waals surface area contributed by atoms with Crippen LogP contribution in [0.5, 0.6) is 5.75 Å². The monoisotopic (exact) mass is 354 g/mol. The summed E-state index contributed by atoms with van der Waals surface area (Å²) in [5.74, 6) is -0.299. The van der Waals surface area contributed by atoms with Crippen molar-refractivity contribution in [2.75, 3.05) is 0 Å². The third-order valence-corrected chi connectivity index (χ3v) is 4.65. The highest BCUT2D eigenvalue weighted by Crippen LogP contribution is 2.38. The third-order valence-electron chi connectivity index (χ3n) is 3.69. The van der Waals surface area contributed by atoms with E-state index in [1.54, 1.807) is 56.3 Å². The maximum absolute atomic E-state index is 12.8. The minimum Gasteiger partial charge on any atom is -0.375 e. The van der Waals surface area contributed by atoms with E-state index in [-0.39, 0.29) is 5.75 Å². The highest BCUT2D eigenvalue weighted by atomic mass is 32.2. The zero-order valence-electron chi connectivity index (χ0n) is 12.8. The highest BCUT2D eigenvalue weighted by molar-refractivity contribution is 7.88. The van der Waals surface area contributed by atoms with Crippen LogP contribution >= 0.6 is 0 Å². The zero-order valence-corrected chi connectivity index (χ0v) is 13.6. The molecule has 0 saturated carbocycles. The largest absolute Gasteiger partial charge is 0.534 e. The molecule has 3 aromatic carbocycles. The maximum atomic E-state index is 12.8. The van der Waals surface area contributed by atoms with Crippen molar-refractivity contribution in [1.29, 1.82) is 0 Å². The van der Waals surface area contributed by atoms with E-state index in [9.17, 15) is 21.6 Å². The van der Waals surface area contributed by atoms with Gasteiger partial charge in [0.15, 0.2) is 5.75 Å². The molecule has 3 nitrogen and oxygen atoms in total. The number of alkyl halides is 3. The van der Waals surface area contributed by atoms with E-state index < -0.39 is 15.6 Å². The second-order valence-electron chi connectivity index (χ2n) is 5.64. The third kappa shape index (κ3) is 2.80. The molecule has 0 radical (unpaired) electrons. The van der Waals surface area contributed by atoms with E-state index >= 15 is 0 Å². The van der Waals surface area contributed by atoms with E-state index in [2.05, 4.69) is 4.18 Å². The summed E-state index contributed by atoms with van der Waals surface area (Å²) in [5.41, 5.74) is -3.93. The number of hydrogen-bond acceptors (Lipinski definition) is 3. The van der Waals surface area contributed by atoms with Crippen molar-refractivity contribution in [3.8, 4) is 5.75 Å². The average Bonchev–Trinajstić information content (AvgIpc) is 2.47. The number of fused-ring (bicyclic) bond motifs is 2. The van der Waals surface area contributed by atoms with Crippen molar-refractivity contribution in [3.63, 3.8) is 0 Å². The van der Waals surface area contributed by atoms with Crippen molar-refractivity contribution >= 4 is 31.7 Å². The van der Waals surface area contributed by atoms with Gasteiger partial charge in [-0.3, -0.25) is 0 Å². The van der Waals surface area contributed by atoms with Gasteiger partial charge in [0.1, 0.15) is 0 Å². The first-order valence-corrected chi connectivity index (χ1v) is 8.44. The van der Waals surface area contributed by atoms with Gasteiger partial charge in [0, 0.05) is 10.8 Å². The van der Waals surface area contributed by atoms with Crippen molar-refractivity contribution in [2.45, 2.75) is 19.4 Å². The molecule has 0 aliphatic heterocycles. The van der Waals surface area contributed by atoms with Crippen LogP contribution in [0, 0.1) is 13.8 Å². The predicted octanol–water partition coefficient (Wildman–Crippen LogP) is 4.84. The fourth-order valence-electron chi connectivity index (χ4n) is 2.54. The second kappa shape index (κ2) is 5.37. The Kier molecular flexibility index (Phi) is 3.71. The topological polar surface area (TPSA) is 43.4 Å². The molecular weight excluding hydrogens is 341 g/mol. The molecule has 0 spiro atoms. The fourth-order valence-corrected chi connectivity index (χ4v) is 3.04. The Morgan fingerprint density at radius 1 is 0.833 bits per heavy atom. The van der Waals surface area contributed by atoms with E-state index in [4.69, 9.17) is 0 Å². The Morgan fingerprint density at radius 2 is 1.29 bits per heavy atom. The van der Waals surface area contributed by atoms with E-state index in [1.165, 1.54) is 0 Å². The molecule has 0 saturated heterocycles. The van der Waals surface area contributed by atoms with E-state index in [1.807, 2.05) is 0 Å². The van der Waals surface area contributed by atoms with Gasteiger partial charge in [-0.1, -0.05) is 35.4 Å². The number of halogens is 3. The van der Waals surface area contributed by atoms with Gasteiger partial charge in [0.25, 0.3) is 0 Å². The SMILES string of the molecule is Cc1ccc2cc3ccc(C)cc3c(OS(=O)(=O)C(F)(F)F)c2c1. The van der Waals surface area contributed by atoms with Crippen molar-refractivity contribution < 1.29 is 25.8 Å². The molecule has 0 amide bonds. The molecule has 0 aromatic heterocycles. The lowest BCUT2D eigenvalue weighted by molar-refractivity contribution is -0.0499. The number of aryl methyl sites for hydroxylation is 2. The molecule has 0 N–H and O–H groups in total. The first-order valence-electron chi connectivity index (χ1n) is 7.03. The lowest BCUT2D eigenvalue weighted by Gasteiger charge is -2.15. The predicted molar refractivity (Wildman–Crippen MR) is 86.5 cm³/mol. The summed E-state index contributed by atoms with van der Waals surface area (Å²) in [5, 5.41) is 1.84. The molecule has 0 heterocycles. The quantitative estimate of drug-likeness (QED) is 0.376. The Labute approximate surface area is 136 Å². The van der Waals surface area contributed by atoms with Crippen molar-refractivity contribution in [1.82, 2.24) is 0 Å². The molecule has 126 valence electrons. The van der Waals surface area contributed by atoms with Gasteiger partial charge >= 0.3 is 15.6 Å².